The van der Waals surface area contributed by atoms with Crippen LogP contribution in [0.15, 0.2) is 30.6 Å². The fraction of sp³-hybridized carbons (Fsp3) is 0.357. The molecule has 3 heterocycles. The average molecular weight is 272 g/mol. The van der Waals surface area contributed by atoms with Crippen LogP contribution in [-0.2, 0) is 16.1 Å². The van der Waals surface area contributed by atoms with Gasteiger partial charge in [-0.3, -0.25) is 14.5 Å². The van der Waals surface area contributed by atoms with E-state index in [2.05, 4.69) is 10.4 Å². The van der Waals surface area contributed by atoms with Crippen molar-refractivity contribution in [2.75, 3.05) is 7.05 Å². The Balaban J connectivity index is 1.71. The number of aromatic nitrogens is 2. The van der Waals surface area contributed by atoms with Gasteiger partial charge in [0.25, 0.3) is 0 Å². The predicted octanol–water partition coefficient (Wildman–Crippen LogP) is 0.571. The van der Waals surface area contributed by atoms with Gasteiger partial charge in [0.15, 0.2) is 0 Å². The summed E-state index contributed by atoms with van der Waals surface area (Å²) in [6.07, 6.45) is 4.65. The van der Waals surface area contributed by atoms with Crippen molar-refractivity contribution in [3.05, 3.63) is 36.2 Å². The van der Waals surface area contributed by atoms with Crippen molar-refractivity contribution >= 4 is 17.3 Å². The number of amides is 2. The van der Waals surface area contributed by atoms with Crippen LogP contribution in [0.2, 0.25) is 0 Å². The number of fused-ring (bicyclic) bond motifs is 1. The lowest BCUT2D eigenvalue weighted by Crippen LogP contribution is -2.51. The Hall–Kier alpha value is -2.21. The van der Waals surface area contributed by atoms with Gasteiger partial charge < -0.3 is 5.32 Å². The molecule has 1 atom stereocenters. The molecule has 1 aliphatic rings. The standard InChI is InChI=1S/C14H16N4O2/c1-17-13(19)6-5-11(14(17)20)15-8-10-9-16-18-7-3-2-4-12(10)18/h2-4,7,9,11,15H,5-6,8H2,1H3. The van der Waals surface area contributed by atoms with Gasteiger partial charge in [-0.15, -0.1) is 0 Å². The first-order chi connectivity index (χ1) is 9.66. The molecule has 3 rings (SSSR count). The number of likely N-dealkylation sites (tertiary alicyclic amines) is 1. The van der Waals surface area contributed by atoms with Crippen LogP contribution in [0.25, 0.3) is 5.52 Å². The number of likely N-dealkylation sites (N-methyl/N-ethyl adjacent to an activating group) is 1. The Morgan fingerprint density at radius 3 is 3.10 bits per heavy atom. The first kappa shape index (κ1) is 12.8. The fourth-order valence-electron chi connectivity index (χ4n) is 2.46. The molecule has 20 heavy (non-hydrogen) atoms. The van der Waals surface area contributed by atoms with E-state index in [4.69, 9.17) is 0 Å². The Kier molecular flexibility index (Phi) is 3.23. The van der Waals surface area contributed by atoms with E-state index in [-0.39, 0.29) is 17.9 Å². The number of imide groups is 1. The van der Waals surface area contributed by atoms with Gasteiger partial charge in [0.2, 0.25) is 11.8 Å². The normalized spacial score (nSPS) is 19.9. The largest absolute Gasteiger partial charge is 0.302 e. The van der Waals surface area contributed by atoms with E-state index in [9.17, 15) is 9.59 Å². The maximum Gasteiger partial charge on any atom is 0.246 e. The van der Waals surface area contributed by atoms with Gasteiger partial charge in [0.05, 0.1) is 17.8 Å². The third-order valence-electron chi connectivity index (χ3n) is 3.69. The molecule has 1 unspecified atom stereocenters. The molecular formula is C14H16N4O2. The highest BCUT2D eigenvalue weighted by Crippen LogP contribution is 2.14. The summed E-state index contributed by atoms with van der Waals surface area (Å²) in [7, 11) is 1.54. The van der Waals surface area contributed by atoms with Crippen LogP contribution in [0.1, 0.15) is 18.4 Å². The fourth-order valence-corrected chi connectivity index (χ4v) is 2.46. The van der Waals surface area contributed by atoms with Crippen LogP contribution in [0, 0.1) is 0 Å². The summed E-state index contributed by atoms with van der Waals surface area (Å²) >= 11 is 0. The summed E-state index contributed by atoms with van der Waals surface area (Å²) in [4.78, 5) is 24.6. The molecular weight excluding hydrogens is 256 g/mol. The van der Waals surface area contributed by atoms with E-state index in [0.29, 0.717) is 19.4 Å². The number of carbonyl (C=O) groups excluding carboxylic acids is 2. The highest BCUT2D eigenvalue weighted by molar-refractivity contribution is 6.00. The van der Waals surface area contributed by atoms with Crippen molar-refractivity contribution in [2.24, 2.45) is 0 Å². The molecule has 104 valence electrons. The van der Waals surface area contributed by atoms with Gasteiger partial charge >= 0.3 is 0 Å². The molecule has 2 amide bonds. The summed E-state index contributed by atoms with van der Waals surface area (Å²) in [5.41, 5.74) is 2.06. The van der Waals surface area contributed by atoms with Gasteiger partial charge in [-0.25, -0.2) is 4.52 Å². The lowest BCUT2D eigenvalue weighted by Gasteiger charge is -2.28. The van der Waals surface area contributed by atoms with Crippen LogP contribution in [-0.4, -0.2) is 39.4 Å². The Labute approximate surface area is 116 Å². The molecule has 0 aliphatic carbocycles. The molecule has 0 saturated carbocycles. The molecule has 1 aliphatic heterocycles. The third-order valence-corrected chi connectivity index (χ3v) is 3.69. The number of nitrogens with zero attached hydrogens (tertiary/aromatic N) is 3. The van der Waals surface area contributed by atoms with Crippen LogP contribution in [0.4, 0.5) is 0 Å². The van der Waals surface area contributed by atoms with Gasteiger partial charge in [-0.2, -0.15) is 5.10 Å². The second-order valence-electron chi connectivity index (χ2n) is 4.96. The topological polar surface area (TPSA) is 66.7 Å². The lowest BCUT2D eigenvalue weighted by atomic mass is 10.0. The first-order valence-corrected chi connectivity index (χ1v) is 6.62. The second kappa shape index (κ2) is 5.05. The Morgan fingerprint density at radius 2 is 2.25 bits per heavy atom. The molecule has 6 nitrogen and oxygen atoms in total. The van der Waals surface area contributed by atoms with E-state index < -0.39 is 0 Å². The summed E-state index contributed by atoms with van der Waals surface area (Å²) in [5, 5.41) is 7.48. The number of carbonyl (C=O) groups is 2. The minimum Gasteiger partial charge on any atom is -0.302 e. The zero-order chi connectivity index (χ0) is 14.1. The molecule has 0 bridgehead atoms. The van der Waals surface area contributed by atoms with Crippen molar-refractivity contribution in [3.8, 4) is 0 Å². The van der Waals surface area contributed by atoms with E-state index in [0.717, 1.165) is 11.1 Å². The number of hydrogen-bond donors (Lipinski definition) is 1. The first-order valence-electron chi connectivity index (χ1n) is 6.62. The summed E-state index contributed by atoms with van der Waals surface area (Å²) < 4.78 is 1.80. The lowest BCUT2D eigenvalue weighted by molar-refractivity contribution is -0.148. The molecule has 2 aromatic rings. The zero-order valence-electron chi connectivity index (χ0n) is 11.2. The van der Waals surface area contributed by atoms with Gasteiger partial charge in [-0.1, -0.05) is 6.07 Å². The Bertz CT molecular complexity index is 664. The Morgan fingerprint density at radius 1 is 1.40 bits per heavy atom. The molecule has 0 spiro atoms. The molecule has 1 N–H and O–H groups in total. The smallest absolute Gasteiger partial charge is 0.246 e. The molecule has 2 aromatic heterocycles. The quantitative estimate of drug-likeness (QED) is 0.830. The van der Waals surface area contributed by atoms with Crippen LogP contribution in [0.5, 0.6) is 0 Å². The van der Waals surface area contributed by atoms with Crippen LogP contribution in [0.3, 0.4) is 0 Å². The number of pyridine rings is 1. The van der Waals surface area contributed by atoms with E-state index in [1.165, 1.54) is 11.9 Å². The molecule has 0 aromatic carbocycles. The van der Waals surface area contributed by atoms with Crippen molar-refractivity contribution in [1.82, 2.24) is 19.8 Å². The minimum absolute atomic E-state index is 0.107. The van der Waals surface area contributed by atoms with Crippen molar-refractivity contribution in [1.29, 1.82) is 0 Å². The van der Waals surface area contributed by atoms with E-state index in [1.807, 2.05) is 24.4 Å². The molecule has 1 fully saturated rings. The maximum absolute atomic E-state index is 12.0. The molecule has 0 radical (unpaired) electrons. The SMILES string of the molecule is CN1C(=O)CCC(NCc2cnn3ccccc23)C1=O. The number of rotatable bonds is 3. The highest BCUT2D eigenvalue weighted by Gasteiger charge is 2.31. The predicted molar refractivity (Wildman–Crippen MR) is 72.8 cm³/mol. The molecule has 1 saturated heterocycles. The van der Waals surface area contributed by atoms with Gasteiger partial charge in [-0.05, 0) is 18.6 Å². The highest BCUT2D eigenvalue weighted by atomic mass is 16.2. The van der Waals surface area contributed by atoms with Crippen molar-refractivity contribution < 1.29 is 9.59 Å². The minimum atomic E-state index is -0.295. The van der Waals surface area contributed by atoms with Crippen molar-refractivity contribution in [2.45, 2.75) is 25.4 Å². The van der Waals surface area contributed by atoms with Crippen molar-refractivity contribution in [3.63, 3.8) is 0 Å². The number of piperidine rings is 1. The van der Waals surface area contributed by atoms with E-state index >= 15 is 0 Å². The van der Waals surface area contributed by atoms with Crippen LogP contribution < -0.4 is 5.32 Å². The monoisotopic (exact) mass is 272 g/mol. The summed E-state index contributed by atoms with van der Waals surface area (Å²) in [6, 6.07) is 5.57. The zero-order valence-corrected chi connectivity index (χ0v) is 11.2. The average Bonchev–Trinajstić information content (AvgIpc) is 2.87. The summed E-state index contributed by atoms with van der Waals surface area (Å²) in [5.74, 6) is -0.262. The summed E-state index contributed by atoms with van der Waals surface area (Å²) in [6.45, 7) is 0.561. The molecule has 6 heteroatoms. The van der Waals surface area contributed by atoms with E-state index in [1.54, 1.807) is 10.7 Å². The number of nitrogens with one attached hydrogen (secondary N) is 1. The second-order valence-corrected chi connectivity index (χ2v) is 4.96. The van der Waals surface area contributed by atoms with Gasteiger partial charge in [0.1, 0.15) is 0 Å². The van der Waals surface area contributed by atoms with Crippen LogP contribution >= 0.6 is 0 Å². The van der Waals surface area contributed by atoms with Gasteiger partial charge in [0, 0.05) is 31.8 Å². The third kappa shape index (κ3) is 2.18. The maximum atomic E-state index is 12.0. The number of hydrogen-bond acceptors (Lipinski definition) is 4.